The maximum absolute atomic E-state index is 12.5. The normalized spacial score (nSPS) is 30.2. The average Bonchev–Trinajstić information content (AvgIpc) is 2.62. The summed E-state index contributed by atoms with van der Waals surface area (Å²) in [6, 6.07) is 6.91. The molecule has 2 fully saturated rings. The molecule has 0 aromatic heterocycles. The van der Waals surface area contributed by atoms with Crippen LogP contribution in [-0.4, -0.2) is 36.8 Å². The highest BCUT2D eigenvalue weighted by molar-refractivity contribution is 5.69. The highest BCUT2D eigenvalue weighted by Gasteiger charge is 2.55. The van der Waals surface area contributed by atoms with Crippen molar-refractivity contribution in [3.05, 3.63) is 29.3 Å². The number of hydrogen-bond donors (Lipinski definition) is 0. The van der Waals surface area contributed by atoms with Gasteiger partial charge in [0.05, 0.1) is 13.2 Å². The molecular weight excluding hydrogens is 314 g/mol. The number of benzene rings is 1. The number of fused-ring (bicyclic) bond motifs is 1. The van der Waals surface area contributed by atoms with Crippen molar-refractivity contribution in [2.24, 2.45) is 5.92 Å². The topological polar surface area (TPSA) is 38.8 Å². The molecule has 4 heteroatoms. The van der Waals surface area contributed by atoms with Crippen molar-refractivity contribution in [2.45, 2.75) is 63.8 Å². The molecule has 0 N–H and O–H groups in total. The van der Waals surface area contributed by atoms with Gasteiger partial charge in [0.25, 0.3) is 0 Å². The summed E-state index contributed by atoms with van der Waals surface area (Å²) in [6.45, 7) is 5.89. The van der Waals surface area contributed by atoms with Gasteiger partial charge < -0.3 is 14.4 Å². The van der Waals surface area contributed by atoms with Crippen LogP contribution in [0.25, 0.3) is 0 Å². The quantitative estimate of drug-likeness (QED) is 0.821. The summed E-state index contributed by atoms with van der Waals surface area (Å²) in [6.07, 6.45) is 6.91. The molecule has 0 unspecified atom stereocenters. The molecule has 1 amide bonds. The molecule has 1 heterocycles. The van der Waals surface area contributed by atoms with Crippen molar-refractivity contribution in [2.75, 3.05) is 19.8 Å². The van der Waals surface area contributed by atoms with Gasteiger partial charge >= 0.3 is 6.09 Å². The predicted molar refractivity (Wildman–Crippen MR) is 97.1 cm³/mol. The molecule has 0 spiro atoms. The largest absolute Gasteiger partial charge is 0.494 e. The van der Waals surface area contributed by atoms with Crippen LogP contribution < -0.4 is 4.74 Å². The second kappa shape index (κ2) is 6.54. The van der Waals surface area contributed by atoms with Crippen molar-refractivity contribution in [3.8, 4) is 5.75 Å². The zero-order valence-corrected chi connectivity index (χ0v) is 15.4. The second-order valence-corrected chi connectivity index (χ2v) is 7.67. The lowest BCUT2D eigenvalue weighted by molar-refractivity contribution is -0.0110. The maximum Gasteiger partial charge on any atom is 0.410 e. The fraction of sp³-hybridized carbons (Fsp3) is 0.667. The van der Waals surface area contributed by atoms with E-state index in [4.69, 9.17) is 9.47 Å². The smallest absolute Gasteiger partial charge is 0.410 e. The summed E-state index contributed by atoms with van der Waals surface area (Å²) in [5, 5.41) is 0. The van der Waals surface area contributed by atoms with E-state index in [9.17, 15) is 4.79 Å². The van der Waals surface area contributed by atoms with Crippen LogP contribution in [0, 0.1) is 5.92 Å². The molecular formula is C21H29NO3. The Bertz CT molecular complexity index is 659. The third-order valence-corrected chi connectivity index (χ3v) is 6.62. The van der Waals surface area contributed by atoms with Crippen molar-refractivity contribution in [1.29, 1.82) is 0 Å². The first-order valence-electron chi connectivity index (χ1n) is 9.89. The van der Waals surface area contributed by atoms with Gasteiger partial charge in [0, 0.05) is 18.0 Å². The Morgan fingerprint density at radius 3 is 2.92 bits per heavy atom. The van der Waals surface area contributed by atoms with Crippen LogP contribution in [0.2, 0.25) is 0 Å². The van der Waals surface area contributed by atoms with Crippen LogP contribution in [-0.2, 0) is 16.6 Å². The molecule has 0 radical (unpaired) electrons. The maximum atomic E-state index is 12.5. The molecule has 136 valence electrons. The number of nitrogens with zero attached hydrogens (tertiary/aromatic N) is 1. The Balaban J connectivity index is 1.75. The standard InChI is InChI=1S/C21H29NO3/c1-3-24-16-9-8-15-13-19-17-7-5-6-10-21(17,18(15)14-16)11-12-22(19)20(23)25-4-2/h8-9,14,17,19H,3-7,10-13H2,1-2H3/t17-,19+,21+/m0/s1. The minimum Gasteiger partial charge on any atom is -0.494 e. The lowest BCUT2D eigenvalue weighted by Crippen LogP contribution is -2.62. The van der Waals surface area contributed by atoms with E-state index < -0.39 is 0 Å². The lowest BCUT2D eigenvalue weighted by Gasteiger charge is -2.58. The number of carbonyl (C=O) groups is 1. The van der Waals surface area contributed by atoms with Gasteiger partial charge in [-0.15, -0.1) is 0 Å². The first kappa shape index (κ1) is 16.7. The summed E-state index contributed by atoms with van der Waals surface area (Å²) >= 11 is 0. The first-order chi connectivity index (χ1) is 12.2. The number of piperidine rings is 1. The Hall–Kier alpha value is -1.71. The van der Waals surface area contributed by atoms with E-state index in [2.05, 4.69) is 18.2 Å². The van der Waals surface area contributed by atoms with Crippen LogP contribution in [0.15, 0.2) is 18.2 Å². The number of ether oxygens (including phenoxy) is 2. The summed E-state index contributed by atoms with van der Waals surface area (Å²) in [5.74, 6) is 1.55. The molecule has 2 bridgehead atoms. The SMILES string of the molecule is CCOC(=O)N1CC[C@]23CCCC[C@H]2[C@H]1Cc1ccc(OCC)cc13. The fourth-order valence-corrected chi connectivity index (χ4v) is 5.67. The van der Waals surface area contributed by atoms with Crippen LogP contribution in [0.3, 0.4) is 0 Å². The van der Waals surface area contributed by atoms with Crippen LogP contribution in [0.1, 0.15) is 57.1 Å². The van der Waals surface area contributed by atoms with E-state index in [1.54, 1.807) is 0 Å². The average molecular weight is 343 g/mol. The molecule has 3 aliphatic rings. The van der Waals surface area contributed by atoms with Gasteiger partial charge in [0.15, 0.2) is 0 Å². The third kappa shape index (κ3) is 2.61. The molecule has 1 saturated heterocycles. The number of hydrogen-bond acceptors (Lipinski definition) is 3. The van der Waals surface area contributed by atoms with Gasteiger partial charge in [-0.3, -0.25) is 0 Å². The zero-order chi connectivity index (χ0) is 17.4. The molecule has 2 aliphatic carbocycles. The van der Waals surface area contributed by atoms with Crippen LogP contribution >= 0.6 is 0 Å². The van der Waals surface area contributed by atoms with Gasteiger partial charge in [-0.05, 0) is 68.7 Å². The van der Waals surface area contributed by atoms with Crippen LogP contribution in [0.4, 0.5) is 4.79 Å². The molecule has 1 aromatic carbocycles. The second-order valence-electron chi connectivity index (χ2n) is 7.67. The van der Waals surface area contributed by atoms with Gasteiger partial charge in [-0.25, -0.2) is 4.79 Å². The van der Waals surface area contributed by atoms with Crippen molar-refractivity contribution in [1.82, 2.24) is 4.90 Å². The number of amides is 1. The molecule has 3 atom stereocenters. The van der Waals surface area contributed by atoms with E-state index in [1.807, 2.05) is 18.7 Å². The number of rotatable bonds is 3. The summed E-state index contributed by atoms with van der Waals surface area (Å²) in [7, 11) is 0. The lowest BCUT2D eigenvalue weighted by atomic mass is 9.52. The summed E-state index contributed by atoms with van der Waals surface area (Å²) in [4.78, 5) is 14.5. The van der Waals surface area contributed by atoms with E-state index in [0.717, 1.165) is 25.1 Å². The van der Waals surface area contributed by atoms with Crippen LogP contribution in [0.5, 0.6) is 5.75 Å². The van der Waals surface area contributed by atoms with Gasteiger partial charge in [-0.1, -0.05) is 18.9 Å². The van der Waals surface area contributed by atoms with Crippen molar-refractivity contribution in [3.63, 3.8) is 0 Å². The molecule has 1 aliphatic heterocycles. The summed E-state index contributed by atoms with van der Waals surface area (Å²) in [5.41, 5.74) is 3.13. The molecule has 25 heavy (non-hydrogen) atoms. The van der Waals surface area contributed by atoms with Gasteiger partial charge in [0.2, 0.25) is 0 Å². The third-order valence-electron chi connectivity index (χ3n) is 6.62. The van der Waals surface area contributed by atoms with E-state index in [-0.39, 0.29) is 11.5 Å². The molecule has 1 saturated carbocycles. The highest BCUT2D eigenvalue weighted by Crippen LogP contribution is 2.56. The highest BCUT2D eigenvalue weighted by atomic mass is 16.6. The fourth-order valence-electron chi connectivity index (χ4n) is 5.67. The van der Waals surface area contributed by atoms with E-state index >= 15 is 0 Å². The van der Waals surface area contributed by atoms with Crippen molar-refractivity contribution >= 4 is 6.09 Å². The minimum atomic E-state index is -0.124. The number of carbonyl (C=O) groups excluding carboxylic acids is 1. The Kier molecular flexibility index (Phi) is 4.38. The van der Waals surface area contributed by atoms with E-state index in [1.165, 1.54) is 36.8 Å². The zero-order valence-electron chi connectivity index (χ0n) is 15.4. The molecule has 1 aromatic rings. The predicted octanol–water partition coefficient (Wildman–Crippen LogP) is 4.30. The minimum absolute atomic E-state index is 0.124. The summed E-state index contributed by atoms with van der Waals surface area (Å²) < 4.78 is 11.1. The van der Waals surface area contributed by atoms with Gasteiger partial charge in [0.1, 0.15) is 5.75 Å². The number of likely N-dealkylation sites (tertiary alicyclic amines) is 1. The van der Waals surface area contributed by atoms with E-state index in [0.29, 0.717) is 25.2 Å². The first-order valence-corrected chi connectivity index (χ1v) is 9.89. The van der Waals surface area contributed by atoms with Crippen molar-refractivity contribution < 1.29 is 14.3 Å². The Labute approximate surface area is 150 Å². The van der Waals surface area contributed by atoms with Gasteiger partial charge in [-0.2, -0.15) is 0 Å². The molecule has 4 nitrogen and oxygen atoms in total. The Morgan fingerprint density at radius 2 is 2.12 bits per heavy atom. The Morgan fingerprint density at radius 1 is 1.24 bits per heavy atom. The molecule has 4 rings (SSSR count). The monoisotopic (exact) mass is 343 g/mol.